The van der Waals surface area contributed by atoms with Gasteiger partial charge >= 0.3 is 11.7 Å². The summed E-state index contributed by atoms with van der Waals surface area (Å²) in [6.07, 6.45) is -0.620. The van der Waals surface area contributed by atoms with Crippen LogP contribution in [-0.4, -0.2) is 22.5 Å². The molecule has 2 heterocycles. The zero-order valence-corrected chi connectivity index (χ0v) is 13.6. The fourth-order valence-electron chi connectivity index (χ4n) is 2.75. The van der Waals surface area contributed by atoms with Gasteiger partial charge in [-0.05, 0) is 24.6 Å². The zero-order chi connectivity index (χ0) is 17.3. The summed E-state index contributed by atoms with van der Waals surface area (Å²) in [6.45, 7) is 1.92. The van der Waals surface area contributed by atoms with Crippen molar-refractivity contribution >= 4 is 17.6 Å². The molecule has 126 valence electrons. The first-order valence-electron chi connectivity index (χ1n) is 7.43. The van der Waals surface area contributed by atoms with Crippen molar-refractivity contribution in [3.63, 3.8) is 0 Å². The maximum Gasteiger partial charge on any atom is 0.328 e. The van der Waals surface area contributed by atoms with Gasteiger partial charge in [-0.2, -0.15) is 0 Å². The van der Waals surface area contributed by atoms with Crippen LogP contribution in [0.1, 0.15) is 24.2 Å². The molecule has 0 saturated carbocycles. The molecule has 3 rings (SSSR count). The molecule has 7 nitrogen and oxygen atoms in total. The highest BCUT2D eigenvalue weighted by atomic mass is 35.5. The van der Waals surface area contributed by atoms with E-state index in [2.05, 4.69) is 9.97 Å². The number of carbonyl (C=O) groups is 1. The molecule has 2 atom stereocenters. The van der Waals surface area contributed by atoms with Crippen LogP contribution in [0.3, 0.4) is 0 Å². The van der Waals surface area contributed by atoms with Crippen LogP contribution in [0.5, 0.6) is 5.88 Å². The molecule has 0 fully saturated rings. The fraction of sp³-hybridized carbons (Fsp3) is 0.312. The van der Waals surface area contributed by atoms with Crippen LogP contribution >= 0.6 is 11.6 Å². The van der Waals surface area contributed by atoms with Crippen molar-refractivity contribution in [2.24, 2.45) is 5.92 Å². The third-order valence-electron chi connectivity index (χ3n) is 3.80. The largest absolute Gasteiger partial charge is 0.469 e. The van der Waals surface area contributed by atoms with Crippen LogP contribution in [-0.2, 0) is 16.0 Å². The minimum absolute atomic E-state index is 0.0641. The average molecular weight is 351 g/mol. The van der Waals surface area contributed by atoms with E-state index in [0.717, 1.165) is 0 Å². The van der Waals surface area contributed by atoms with Crippen molar-refractivity contribution in [1.82, 2.24) is 9.97 Å². The molecule has 0 aliphatic carbocycles. The van der Waals surface area contributed by atoms with Crippen LogP contribution in [0.4, 0.5) is 0 Å². The molecule has 0 radical (unpaired) electrons. The summed E-state index contributed by atoms with van der Waals surface area (Å²) in [7, 11) is 0. The zero-order valence-electron chi connectivity index (χ0n) is 12.8. The molecule has 0 bridgehead atoms. The van der Waals surface area contributed by atoms with E-state index in [0.29, 0.717) is 10.6 Å². The molecular formula is C16H15ClN2O5. The summed E-state index contributed by atoms with van der Waals surface area (Å²) < 4.78 is 10.9. The number of nitrogens with one attached hydrogen (secondary N) is 2. The number of aromatic nitrogens is 2. The summed E-state index contributed by atoms with van der Waals surface area (Å²) in [5.41, 5.74) is -0.371. The SMILES string of the molecule is CCOC(=O)[C@@H]1Cc2c([nH]c(=O)[nH]c2=O)O[C@@H]1c1cccc(Cl)c1. The highest BCUT2D eigenvalue weighted by Crippen LogP contribution is 2.37. The molecule has 1 aromatic carbocycles. The van der Waals surface area contributed by atoms with E-state index in [1.165, 1.54) is 0 Å². The van der Waals surface area contributed by atoms with Gasteiger partial charge in [0.25, 0.3) is 5.56 Å². The Hall–Kier alpha value is -2.54. The Labute approximate surface area is 141 Å². The molecule has 1 aromatic heterocycles. The molecule has 2 aromatic rings. The number of ether oxygens (including phenoxy) is 2. The Kier molecular flexibility index (Phi) is 4.44. The minimum atomic E-state index is -0.720. The van der Waals surface area contributed by atoms with Crippen molar-refractivity contribution in [2.45, 2.75) is 19.4 Å². The van der Waals surface area contributed by atoms with E-state index < -0.39 is 29.2 Å². The highest BCUT2D eigenvalue weighted by molar-refractivity contribution is 6.30. The highest BCUT2D eigenvalue weighted by Gasteiger charge is 2.39. The third-order valence-corrected chi connectivity index (χ3v) is 4.04. The molecule has 2 N–H and O–H groups in total. The van der Waals surface area contributed by atoms with E-state index in [-0.39, 0.29) is 24.5 Å². The first-order chi connectivity index (χ1) is 11.5. The van der Waals surface area contributed by atoms with Gasteiger partial charge < -0.3 is 9.47 Å². The summed E-state index contributed by atoms with van der Waals surface area (Å²) in [6, 6.07) is 6.88. The van der Waals surface area contributed by atoms with Gasteiger partial charge in [-0.1, -0.05) is 23.7 Å². The van der Waals surface area contributed by atoms with E-state index in [1.807, 2.05) is 0 Å². The second kappa shape index (κ2) is 6.52. The summed E-state index contributed by atoms with van der Waals surface area (Å²) in [4.78, 5) is 40.4. The van der Waals surface area contributed by atoms with Gasteiger partial charge in [0.05, 0.1) is 12.2 Å². The Balaban J connectivity index is 2.08. The first kappa shape index (κ1) is 16.3. The number of aromatic amines is 2. The predicted molar refractivity (Wildman–Crippen MR) is 86.3 cm³/mol. The molecule has 1 aliphatic rings. The Morgan fingerprint density at radius 2 is 2.17 bits per heavy atom. The monoisotopic (exact) mass is 350 g/mol. The van der Waals surface area contributed by atoms with Gasteiger partial charge in [0.15, 0.2) is 0 Å². The summed E-state index contributed by atoms with van der Waals surface area (Å²) in [5, 5.41) is 0.490. The maximum atomic E-state index is 12.3. The molecule has 8 heteroatoms. The fourth-order valence-corrected chi connectivity index (χ4v) is 2.95. The number of carbonyl (C=O) groups excluding carboxylic acids is 1. The standard InChI is InChI=1S/C16H15ClN2O5/c1-2-23-15(21)10-7-11-13(20)18-16(22)19-14(11)24-12(10)8-4-3-5-9(17)6-8/h3-6,10,12H,2,7H2,1H3,(H2,18,19,20,22)/t10-,12-/m1/s1. The first-order valence-corrected chi connectivity index (χ1v) is 7.81. The molecule has 0 spiro atoms. The number of hydrogen-bond donors (Lipinski definition) is 2. The van der Waals surface area contributed by atoms with Crippen LogP contribution in [0.25, 0.3) is 0 Å². The van der Waals surface area contributed by atoms with Crippen molar-refractivity contribution < 1.29 is 14.3 Å². The van der Waals surface area contributed by atoms with Gasteiger partial charge in [-0.3, -0.25) is 19.6 Å². The lowest BCUT2D eigenvalue weighted by Crippen LogP contribution is -2.38. The number of halogens is 1. The van der Waals surface area contributed by atoms with E-state index in [9.17, 15) is 14.4 Å². The van der Waals surface area contributed by atoms with Crippen LogP contribution in [0, 0.1) is 5.92 Å². The van der Waals surface area contributed by atoms with Crippen LogP contribution in [0.2, 0.25) is 5.02 Å². The molecule has 24 heavy (non-hydrogen) atoms. The number of fused-ring (bicyclic) bond motifs is 1. The quantitative estimate of drug-likeness (QED) is 0.818. The predicted octanol–water partition coefficient (Wildman–Crippen LogP) is 1.57. The number of H-pyrrole nitrogens is 2. The Bertz CT molecular complexity index is 889. The second-order valence-corrected chi connectivity index (χ2v) is 5.81. The normalized spacial score (nSPS) is 19.2. The van der Waals surface area contributed by atoms with Gasteiger partial charge in [0, 0.05) is 11.4 Å². The molecule has 0 unspecified atom stereocenters. The van der Waals surface area contributed by atoms with Crippen LogP contribution in [0.15, 0.2) is 33.9 Å². The van der Waals surface area contributed by atoms with Gasteiger partial charge in [0.1, 0.15) is 12.0 Å². The van der Waals surface area contributed by atoms with Gasteiger partial charge in [-0.15, -0.1) is 0 Å². The Morgan fingerprint density at radius 1 is 1.38 bits per heavy atom. The van der Waals surface area contributed by atoms with Gasteiger partial charge in [0.2, 0.25) is 5.88 Å². The lowest BCUT2D eigenvalue weighted by Gasteiger charge is -2.31. The number of rotatable bonds is 3. The van der Waals surface area contributed by atoms with E-state index >= 15 is 0 Å². The lowest BCUT2D eigenvalue weighted by molar-refractivity contribution is -0.152. The smallest absolute Gasteiger partial charge is 0.328 e. The summed E-state index contributed by atoms with van der Waals surface area (Å²) in [5.74, 6) is -1.13. The third kappa shape index (κ3) is 3.07. The topological polar surface area (TPSA) is 101 Å². The number of hydrogen-bond acceptors (Lipinski definition) is 5. The molecule has 0 saturated heterocycles. The van der Waals surface area contributed by atoms with Gasteiger partial charge in [-0.25, -0.2) is 4.79 Å². The minimum Gasteiger partial charge on any atom is -0.469 e. The average Bonchev–Trinajstić information content (AvgIpc) is 2.54. The van der Waals surface area contributed by atoms with E-state index in [1.54, 1.807) is 31.2 Å². The molecule has 1 aliphatic heterocycles. The maximum absolute atomic E-state index is 12.3. The van der Waals surface area contributed by atoms with Crippen molar-refractivity contribution in [3.8, 4) is 5.88 Å². The van der Waals surface area contributed by atoms with E-state index in [4.69, 9.17) is 21.1 Å². The van der Waals surface area contributed by atoms with Crippen molar-refractivity contribution in [2.75, 3.05) is 6.61 Å². The molecule has 0 amide bonds. The second-order valence-electron chi connectivity index (χ2n) is 5.37. The number of esters is 1. The van der Waals surface area contributed by atoms with Crippen LogP contribution < -0.4 is 16.0 Å². The van der Waals surface area contributed by atoms with Crippen molar-refractivity contribution in [1.29, 1.82) is 0 Å². The lowest BCUT2D eigenvalue weighted by atomic mass is 9.88. The molecular weight excluding hydrogens is 336 g/mol. The Morgan fingerprint density at radius 3 is 2.88 bits per heavy atom. The summed E-state index contributed by atoms with van der Waals surface area (Å²) >= 11 is 6.02. The number of benzene rings is 1. The van der Waals surface area contributed by atoms with Crippen molar-refractivity contribution in [3.05, 3.63) is 61.3 Å².